The van der Waals surface area contributed by atoms with Gasteiger partial charge in [-0.15, -0.1) is 0 Å². The summed E-state index contributed by atoms with van der Waals surface area (Å²) in [6.45, 7) is 4.30. The highest BCUT2D eigenvalue weighted by molar-refractivity contribution is 6.36. The molecule has 0 aromatic heterocycles. The first-order valence-corrected chi connectivity index (χ1v) is 10.3. The highest BCUT2D eigenvalue weighted by Crippen LogP contribution is 2.38. The largest absolute Gasteiger partial charge is 0.457 e. The van der Waals surface area contributed by atoms with Crippen LogP contribution in [0.2, 0.25) is 0 Å². The van der Waals surface area contributed by atoms with Gasteiger partial charge >= 0.3 is 0 Å². The van der Waals surface area contributed by atoms with E-state index in [2.05, 4.69) is 26.0 Å². The van der Waals surface area contributed by atoms with Crippen molar-refractivity contribution in [1.29, 1.82) is 0 Å². The maximum atomic E-state index is 13.2. The first-order valence-electron chi connectivity index (χ1n) is 10.3. The van der Waals surface area contributed by atoms with Gasteiger partial charge in [-0.1, -0.05) is 56.3 Å². The number of imide groups is 1. The van der Waals surface area contributed by atoms with Crippen LogP contribution in [-0.4, -0.2) is 11.8 Å². The molecule has 0 bridgehead atoms. The predicted octanol–water partition coefficient (Wildman–Crippen LogP) is 6.56. The van der Waals surface area contributed by atoms with E-state index in [1.165, 1.54) is 10.5 Å². The molecule has 5 rings (SSSR count). The minimum Gasteiger partial charge on any atom is -0.457 e. The minimum absolute atomic E-state index is 0.326. The molecule has 4 nitrogen and oxygen atoms in total. The van der Waals surface area contributed by atoms with Gasteiger partial charge in [-0.25, -0.2) is 4.90 Å². The van der Waals surface area contributed by atoms with E-state index < -0.39 is 0 Å². The van der Waals surface area contributed by atoms with Crippen molar-refractivity contribution in [2.75, 3.05) is 4.90 Å². The van der Waals surface area contributed by atoms with Crippen molar-refractivity contribution in [2.24, 2.45) is 0 Å². The maximum absolute atomic E-state index is 13.2. The molecule has 4 aromatic rings. The average molecular weight is 407 g/mol. The Bertz CT molecular complexity index is 1290. The molecule has 0 aliphatic carbocycles. The number of benzene rings is 4. The van der Waals surface area contributed by atoms with Crippen LogP contribution in [0.5, 0.6) is 11.5 Å². The van der Waals surface area contributed by atoms with E-state index in [9.17, 15) is 9.59 Å². The number of hydrogen-bond donors (Lipinski definition) is 0. The lowest BCUT2D eigenvalue weighted by Gasteiger charge is -2.27. The van der Waals surface area contributed by atoms with Gasteiger partial charge in [0.25, 0.3) is 11.8 Å². The Balaban J connectivity index is 1.59. The molecule has 0 spiro atoms. The second kappa shape index (κ2) is 7.40. The number of rotatable bonds is 4. The predicted molar refractivity (Wildman–Crippen MR) is 122 cm³/mol. The fourth-order valence-corrected chi connectivity index (χ4v) is 4.02. The van der Waals surface area contributed by atoms with Gasteiger partial charge in [0.05, 0.1) is 5.69 Å². The van der Waals surface area contributed by atoms with Crippen LogP contribution in [0, 0.1) is 0 Å². The molecule has 4 heteroatoms. The smallest absolute Gasteiger partial charge is 0.265 e. The number of carbonyl (C=O) groups is 2. The number of carbonyl (C=O) groups excluding carboxylic acids is 2. The SMILES string of the molecule is CC(C)c1ccc(Oc2ccc3c4c(cccc24)C(=O)N(c2ccccc2)C3=O)cc1. The van der Waals surface area contributed by atoms with Crippen LogP contribution in [0.15, 0.2) is 84.9 Å². The van der Waals surface area contributed by atoms with Gasteiger partial charge in [-0.3, -0.25) is 9.59 Å². The molecular weight excluding hydrogens is 386 g/mol. The normalized spacial score (nSPS) is 13.2. The molecule has 1 heterocycles. The molecule has 0 radical (unpaired) electrons. The van der Waals surface area contributed by atoms with E-state index in [1.54, 1.807) is 30.3 Å². The van der Waals surface area contributed by atoms with Gasteiger partial charge in [-0.2, -0.15) is 0 Å². The third-order valence-corrected chi connectivity index (χ3v) is 5.66. The molecule has 152 valence electrons. The first kappa shape index (κ1) is 19.1. The van der Waals surface area contributed by atoms with Crippen LogP contribution in [0.4, 0.5) is 5.69 Å². The molecule has 4 aromatic carbocycles. The maximum Gasteiger partial charge on any atom is 0.265 e. The Kier molecular flexibility index (Phi) is 4.55. The van der Waals surface area contributed by atoms with Gasteiger partial charge < -0.3 is 4.74 Å². The molecule has 0 saturated carbocycles. The Morgan fingerprint density at radius 2 is 1.39 bits per heavy atom. The Hall–Kier alpha value is -3.92. The van der Waals surface area contributed by atoms with Crippen molar-refractivity contribution < 1.29 is 14.3 Å². The lowest BCUT2D eigenvalue weighted by Crippen LogP contribution is -2.40. The van der Waals surface area contributed by atoms with Crippen molar-refractivity contribution in [3.63, 3.8) is 0 Å². The number of ether oxygens (including phenoxy) is 1. The van der Waals surface area contributed by atoms with E-state index in [-0.39, 0.29) is 11.8 Å². The van der Waals surface area contributed by atoms with Crippen molar-refractivity contribution in [2.45, 2.75) is 19.8 Å². The summed E-state index contributed by atoms with van der Waals surface area (Å²) in [5, 5.41) is 1.39. The summed E-state index contributed by atoms with van der Waals surface area (Å²) in [6.07, 6.45) is 0. The zero-order chi connectivity index (χ0) is 21.5. The van der Waals surface area contributed by atoms with Gasteiger partial charge in [-0.05, 0) is 53.9 Å². The second-order valence-corrected chi connectivity index (χ2v) is 7.95. The lowest BCUT2D eigenvalue weighted by atomic mass is 9.93. The highest BCUT2D eigenvalue weighted by atomic mass is 16.5. The van der Waals surface area contributed by atoms with Crippen LogP contribution >= 0.6 is 0 Å². The van der Waals surface area contributed by atoms with E-state index in [0.717, 1.165) is 5.39 Å². The quantitative estimate of drug-likeness (QED) is 0.360. The van der Waals surface area contributed by atoms with Crippen LogP contribution in [0.1, 0.15) is 46.0 Å². The summed E-state index contributed by atoms with van der Waals surface area (Å²) in [5.74, 6) is 1.12. The second-order valence-electron chi connectivity index (χ2n) is 7.95. The summed E-state index contributed by atoms with van der Waals surface area (Å²) in [4.78, 5) is 27.7. The fourth-order valence-electron chi connectivity index (χ4n) is 4.02. The summed E-state index contributed by atoms with van der Waals surface area (Å²) in [5.41, 5.74) is 2.79. The Morgan fingerprint density at radius 3 is 2.06 bits per heavy atom. The summed E-state index contributed by atoms with van der Waals surface area (Å²) in [7, 11) is 0. The van der Waals surface area contributed by atoms with Gasteiger partial charge in [0, 0.05) is 21.9 Å². The first-order chi connectivity index (χ1) is 15.0. The molecule has 1 aliphatic rings. The minimum atomic E-state index is -0.326. The number of amides is 2. The molecule has 0 fully saturated rings. The third-order valence-electron chi connectivity index (χ3n) is 5.66. The van der Waals surface area contributed by atoms with Gasteiger partial charge in [0.15, 0.2) is 0 Å². The monoisotopic (exact) mass is 407 g/mol. The standard InChI is InChI=1S/C27H21NO3/c1-17(2)18-11-13-20(14-12-18)31-24-16-15-23-25-21(24)9-6-10-22(25)26(29)28(27(23)30)19-7-4-3-5-8-19/h3-17H,1-2H3. The Labute approximate surface area is 180 Å². The van der Waals surface area contributed by atoms with Crippen molar-refractivity contribution in [3.8, 4) is 11.5 Å². The summed E-state index contributed by atoms with van der Waals surface area (Å²) >= 11 is 0. The zero-order valence-corrected chi connectivity index (χ0v) is 17.3. The van der Waals surface area contributed by atoms with Crippen LogP contribution in [-0.2, 0) is 0 Å². The zero-order valence-electron chi connectivity index (χ0n) is 17.3. The van der Waals surface area contributed by atoms with Crippen molar-refractivity contribution >= 4 is 28.3 Å². The molecule has 0 atom stereocenters. The number of hydrogen-bond acceptors (Lipinski definition) is 3. The van der Waals surface area contributed by atoms with E-state index in [4.69, 9.17) is 4.74 Å². The van der Waals surface area contributed by atoms with Crippen molar-refractivity contribution in [1.82, 2.24) is 0 Å². The average Bonchev–Trinajstić information content (AvgIpc) is 2.79. The van der Waals surface area contributed by atoms with E-state index in [0.29, 0.717) is 39.6 Å². The number of para-hydroxylation sites is 1. The molecule has 2 amide bonds. The van der Waals surface area contributed by atoms with Crippen LogP contribution < -0.4 is 9.64 Å². The van der Waals surface area contributed by atoms with Gasteiger partial charge in [0.2, 0.25) is 0 Å². The lowest BCUT2D eigenvalue weighted by molar-refractivity contribution is 0.0893. The third kappa shape index (κ3) is 3.17. The van der Waals surface area contributed by atoms with E-state index >= 15 is 0 Å². The van der Waals surface area contributed by atoms with E-state index in [1.807, 2.05) is 42.5 Å². The summed E-state index contributed by atoms with van der Waals surface area (Å²) in [6, 6.07) is 26.0. The fraction of sp³-hybridized carbons (Fsp3) is 0.111. The molecule has 0 saturated heterocycles. The van der Waals surface area contributed by atoms with Crippen LogP contribution in [0.3, 0.4) is 0 Å². The van der Waals surface area contributed by atoms with Crippen LogP contribution in [0.25, 0.3) is 10.8 Å². The molecular formula is C27H21NO3. The molecule has 31 heavy (non-hydrogen) atoms. The van der Waals surface area contributed by atoms with Gasteiger partial charge in [0.1, 0.15) is 11.5 Å². The highest BCUT2D eigenvalue weighted by Gasteiger charge is 2.34. The Morgan fingerprint density at radius 1 is 0.710 bits per heavy atom. The molecule has 0 unspecified atom stereocenters. The molecule has 1 aliphatic heterocycles. The number of anilines is 1. The topological polar surface area (TPSA) is 46.6 Å². The molecule has 0 N–H and O–H groups in total. The number of nitrogens with zero attached hydrogens (tertiary/aromatic N) is 1. The summed E-state index contributed by atoms with van der Waals surface area (Å²) < 4.78 is 6.15. The van der Waals surface area contributed by atoms with Crippen molar-refractivity contribution in [3.05, 3.63) is 102 Å².